The molecule has 34 heavy (non-hydrogen) atoms. The first-order chi connectivity index (χ1) is 16.1. The number of nitrogens with one attached hydrogen (secondary N) is 1. The van der Waals surface area contributed by atoms with E-state index >= 15 is 0 Å². The highest BCUT2D eigenvalue weighted by molar-refractivity contribution is 5.99. The molecule has 1 aliphatic heterocycles. The second-order valence-electron chi connectivity index (χ2n) is 8.27. The van der Waals surface area contributed by atoms with E-state index in [1.54, 1.807) is 6.20 Å². The number of carbonyl (C=O) groups excluding carboxylic acids is 1. The Kier molecular flexibility index (Phi) is 7.61. The molecular weight excluding hydrogens is 449 g/mol. The third kappa shape index (κ3) is 5.39. The van der Waals surface area contributed by atoms with Gasteiger partial charge in [0.2, 0.25) is 0 Å². The smallest absolute Gasteiger partial charge is 0.475 e. The lowest BCUT2D eigenvalue weighted by molar-refractivity contribution is -0.192. The maximum absolute atomic E-state index is 13.1. The number of amides is 1. The molecule has 0 atom stereocenters. The Labute approximate surface area is 194 Å². The van der Waals surface area contributed by atoms with Gasteiger partial charge in [-0.25, -0.2) is 4.79 Å². The highest BCUT2D eigenvalue weighted by atomic mass is 19.4. The van der Waals surface area contributed by atoms with E-state index in [1.165, 1.54) is 5.56 Å². The van der Waals surface area contributed by atoms with Gasteiger partial charge in [-0.15, -0.1) is 0 Å². The minimum atomic E-state index is -5.08. The number of piperidine rings is 1. The monoisotopic (exact) mass is 476 g/mol. The summed E-state index contributed by atoms with van der Waals surface area (Å²) < 4.78 is 31.7. The lowest BCUT2D eigenvalue weighted by Gasteiger charge is -2.41. The van der Waals surface area contributed by atoms with E-state index in [9.17, 15) is 18.0 Å². The second-order valence-corrected chi connectivity index (χ2v) is 8.27. The number of carboxylic acid groups (broad SMARTS) is 1. The van der Waals surface area contributed by atoms with E-state index in [2.05, 4.69) is 41.4 Å². The van der Waals surface area contributed by atoms with Crippen LogP contribution in [0.4, 0.5) is 13.2 Å². The van der Waals surface area contributed by atoms with Crippen LogP contribution in [-0.2, 0) is 16.6 Å². The summed E-state index contributed by atoms with van der Waals surface area (Å²) in [6.07, 6.45) is -0.637. The van der Waals surface area contributed by atoms with Gasteiger partial charge in [0.25, 0.3) is 5.91 Å². The first kappa shape index (κ1) is 25.2. The lowest BCUT2D eigenvalue weighted by atomic mass is 9.73. The molecule has 182 valence electrons. The number of fused-ring (bicyclic) bond motifs is 1. The summed E-state index contributed by atoms with van der Waals surface area (Å²) in [4.78, 5) is 24.0. The molecule has 0 bridgehead atoms. The number of hydrogen-bond donors (Lipinski definition) is 3. The summed E-state index contributed by atoms with van der Waals surface area (Å²) in [5.74, 6) is -2.65. The number of H-pyrrole nitrogens is 1. The number of nitrogens with zero attached hydrogens (tertiary/aromatic N) is 2. The van der Waals surface area contributed by atoms with Crippen LogP contribution in [0, 0.1) is 0 Å². The number of carbonyl (C=O) groups is 2. The van der Waals surface area contributed by atoms with Crippen LogP contribution in [0.5, 0.6) is 0 Å². The van der Waals surface area contributed by atoms with Crippen molar-refractivity contribution in [3.05, 3.63) is 65.4 Å². The number of aromatic amines is 1. The summed E-state index contributed by atoms with van der Waals surface area (Å²) >= 11 is 0. The number of halogens is 3. The Morgan fingerprint density at radius 1 is 1.18 bits per heavy atom. The van der Waals surface area contributed by atoms with Gasteiger partial charge in [0.15, 0.2) is 0 Å². The standard InChI is InChI=1S/C22H26N4O.C2HF3O2/c1-2-16-12-17(13-18-14-24-25-20(16)18)21(27)26-10-8-22(15-23,9-11-26)19-6-4-3-5-7-19;3-2(4,5)1(6)7/h3-7,12-14H,2,8-11,15,23H2,1H3,(H,24,25);(H,6,7). The Hall–Kier alpha value is -3.40. The summed E-state index contributed by atoms with van der Waals surface area (Å²) in [7, 11) is 0. The zero-order valence-electron chi connectivity index (χ0n) is 18.7. The zero-order chi connectivity index (χ0) is 24.9. The zero-order valence-corrected chi connectivity index (χ0v) is 18.7. The number of likely N-dealkylation sites (tertiary alicyclic amines) is 1. The SMILES string of the molecule is CCc1cc(C(=O)N2CCC(CN)(c3ccccc3)CC2)cc2cn[nH]c12.O=C(O)C(F)(F)F. The topological polar surface area (TPSA) is 112 Å². The number of alkyl halides is 3. The number of nitrogens with two attached hydrogens (primary N) is 1. The first-order valence-electron chi connectivity index (χ1n) is 10.9. The van der Waals surface area contributed by atoms with E-state index in [0.29, 0.717) is 6.54 Å². The van der Waals surface area contributed by atoms with Gasteiger partial charge in [-0.1, -0.05) is 37.3 Å². The average molecular weight is 476 g/mol. The quantitative estimate of drug-likeness (QED) is 0.529. The van der Waals surface area contributed by atoms with Crippen molar-refractivity contribution in [1.82, 2.24) is 15.1 Å². The number of aliphatic carboxylic acids is 1. The fraction of sp³-hybridized carbons (Fsp3) is 0.375. The van der Waals surface area contributed by atoms with Gasteiger partial charge in [-0.2, -0.15) is 18.3 Å². The van der Waals surface area contributed by atoms with E-state index in [1.807, 2.05) is 23.1 Å². The fourth-order valence-corrected chi connectivity index (χ4v) is 4.26. The molecule has 2 aromatic carbocycles. The number of hydrogen-bond acceptors (Lipinski definition) is 4. The molecule has 1 saturated heterocycles. The second kappa shape index (κ2) is 10.3. The Bertz CT molecular complexity index is 1140. The molecule has 4 rings (SSSR count). The maximum Gasteiger partial charge on any atom is 0.490 e. The lowest BCUT2D eigenvalue weighted by Crippen LogP contribution is -2.48. The summed E-state index contributed by atoms with van der Waals surface area (Å²) in [6.45, 7) is 4.17. The van der Waals surface area contributed by atoms with Gasteiger partial charge in [-0.05, 0) is 42.5 Å². The minimum absolute atomic E-state index is 0.0267. The van der Waals surface area contributed by atoms with Crippen LogP contribution in [0.1, 0.15) is 41.3 Å². The molecule has 10 heteroatoms. The van der Waals surface area contributed by atoms with E-state index in [-0.39, 0.29) is 11.3 Å². The summed E-state index contributed by atoms with van der Waals surface area (Å²) in [5.41, 5.74) is 10.3. The average Bonchev–Trinajstić information content (AvgIpc) is 3.32. The molecule has 1 amide bonds. The predicted molar refractivity (Wildman–Crippen MR) is 121 cm³/mol. The molecule has 1 aromatic heterocycles. The molecule has 4 N–H and O–H groups in total. The number of carboxylic acids is 1. The van der Waals surface area contributed by atoms with Crippen molar-refractivity contribution in [1.29, 1.82) is 0 Å². The Morgan fingerprint density at radius 3 is 2.32 bits per heavy atom. The fourth-order valence-electron chi connectivity index (χ4n) is 4.26. The third-order valence-corrected chi connectivity index (χ3v) is 6.29. The molecule has 0 radical (unpaired) electrons. The molecule has 0 spiro atoms. The molecule has 1 fully saturated rings. The number of rotatable bonds is 4. The first-order valence-corrected chi connectivity index (χ1v) is 10.9. The summed E-state index contributed by atoms with van der Waals surface area (Å²) in [5, 5.41) is 15.3. The van der Waals surface area contributed by atoms with Gasteiger partial charge >= 0.3 is 12.1 Å². The minimum Gasteiger partial charge on any atom is -0.475 e. The molecule has 0 aliphatic carbocycles. The van der Waals surface area contributed by atoms with E-state index in [0.717, 1.165) is 54.4 Å². The normalized spacial score (nSPS) is 15.5. The van der Waals surface area contributed by atoms with Gasteiger partial charge in [0, 0.05) is 36.0 Å². The summed E-state index contributed by atoms with van der Waals surface area (Å²) in [6, 6.07) is 14.4. The molecule has 3 aromatic rings. The largest absolute Gasteiger partial charge is 0.490 e. The van der Waals surface area contributed by atoms with Crippen LogP contribution >= 0.6 is 0 Å². The molecule has 7 nitrogen and oxygen atoms in total. The molecule has 2 heterocycles. The molecule has 1 aliphatic rings. The van der Waals surface area contributed by atoms with Crippen LogP contribution in [-0.4, -0.2) is 57.9 Å². The van der Waals surface area contributed by atoms with Crippen molar-refractivity contribution in [2.75, 3.05) is 19.6 Å². The van der Waals surface area contributed by atoms with Gasteiger partial charge < -0.3 is 15.7 Å². The predicted octanol–water partition coefficient (Wildman–Crippen LogP) is 3.89. The Morgan fingerprint density at radius 2 is 1.79 bits per heavy atom. The third-order valence-electron chi connectivity index (χ3n) is 6.29. The van der Waals surface area contributed by atoms with Crippen molar-refractivity contribution < 1.29 is 27.9 Å². The van der Waals surface area contributed by atoms with Crippen molar-refractivity contribution in [3.63, 3.8) is 0 Å². The molecule has 0 saturated carbocycles. The van der Waals surface area contributed by atoms with Gasteiger partial charge in [-0.3, -0.25) is 9.89 Å². The number of aryl methyl sites for hydroxylation is 1. The number of aromatic nitrogens is 2. The maximum atomic E-state index is 13.1. The molecule has 0 unspecified atom stereocenters. The van der Waals surface area contributed by atoms with Crippen LogP contribution in [0.15, 0.2) is 48.7 Å². The van der Waals surface area contributed by atoms with Crippen LogP contribution < -0.4 is 5.73 Å². The van der Waals surface area contributed by atoms with Crippen LogP contribution in [0.3, 0.4) is 0 Å². The van der Waals surface area contributed by atoms with Gasteiger partial charge in [0.1, 0.15) is 0 Å². The number of benzene rings is 2. The highest BCUT2D eigenvalue weighted by Crippen LogP contribution is 2.35. The van der Waals surface area contributed by atoms with Crippen molar-refractivity contribution in [2.24, 2.45) is 5.73 Å². The van der Waals surface area contributed by atoms with Gasteiger partial charge in [0.05, 0.1) is 11.7 Å². The van der Waals surface area contributed by atoms with Crippen LogP contribution in [0.2, 0.25) is 0 Å². The van der Waals surface area contributed by atoms with Crippen molar-refractivity contribution in [3.8, 4) is 0 Å². The molecular formula is C24H27F3N4O3. The van der Waals surface area contributed by atoms with Crippen molar-refractivity contribution in [2.45, 2.75) is 37.8 Å². The Balaban J connectivity index is 0.000000406. The van der Waals surface area contributed by atoms with E-state index in [4.69, 9.17) is 15.6 Å². The highest BCUT2D eigenvalue weighted by Gasteiger charge is 2.38. The van der Waals surface area contributed by atoms with Crippen molar-refractivity contribution >= 4 is 22.8 Å². The van der Waals surface area contributed by atoms with Crippen LogP contribution in [0.25, 0.3) is 10.9 Å². The van der Waals surface area contributed by atoms with E-state index < -0.39 is 12.1 Å².